The van der Waals surface area contributed by atoms with Gasteiger partial charge in [-0.15, -0.1) is 24.0 Å². The highest BCUT2D eigenvalue weighted by molar-refractivity contribution is 14.0. The summed E-state index contributed by atoms with van der Waals surface area (Å²) >= 11 is 0. The Morgan fingerprint density at radius 1 is 1.42 bits per heavy atom. The molecule has 0 saturated heterocycles. The van der Waals surface area contributed by atoms with Crippen LogP contribution >= 0.6 is 24.0 Å². The van der Waals surface area contributed by atoms with Crippen LogP contribution in [0.2, 0.25) is 0 Å². The monoisotopic (exact) mass is 476 g/mol. The Kier molecular flexibility index (Phi) is 9.71. The van der Waals surface area contributed by atoms with Crippen molar-refractivity contribution in [1.82, 2.24) is 15.5 Å². The average molecular weight is 476 g/mol. The Balaban J connectivity index is 0.00000338. The van der Waals surface area contributed by atoms with Crippen molar-refractivity contribution in [1.29, 1.82) is 0 Å². The van der Waals surface area contributed by atoms with E-state index in [9.17, 15) is 4.79 Å². The fourth-order valence-electron chi connectivity index (χ4n) is 2.60. The van der Waals surface area contributed by atoms with Crippen molar-refractivity contribution in [2.45, 2.75) is 25.4 Å². The number of rotatable bonds is 6. The molecular formula is C18H29IN4O3. The molecule has 146 valence electrons. The number of fused-ring (bicyclic) bond motifs is 1. The van der Waals surface area contributed by atoms with Crippen molar-refractivity contribution >= 4 is 35.8 Å². The van der Waals surface area contributed by atoms with Crippen LogP contribution in [0.25, 0.3) is 0 Å². The van der Waals surface area contributed by atoms with E-state index in [-0.39, 0.29) is 48.5 Å². The zero-order chi connectivity index (χ0) is 18.2. The Labute approximate surface area is 172 Å². The third-order valence-corrected chi connectivity index (χ3v) is 3.94. The van der Waals surface area contributed by atoms with Crippen molar-refractivity contribution in [2.75, 3.05) is 41.0 Å². The summed E-state index contributed by atoms with van der Waals surface area (Å²) in [5, 5.41) is 6.72. The van der Waals surface area contributed by atoms with Crippen LogP contribution in [-0.4, -0.2) is 63.8 Å². The number of ether oxygens (including phenoxy) is 2. The largest absolute Gasteiger partial charge is 0.493 e. The zero-order valence-corrected chi connectivity index (χ0v) is 18.2. The van der Waals surface area contributed by atoms with Gasteiger partial charge in [-0.05, 0) is 13.0 Å². The summed E-state index contributed by atoms with van der Waals surface area (Å²) < 4.78 is 10.9. The number of carbonyl (C=O) groups is 1. The summed E-state index contributed by atoms with van der Waals surface area (Å²) in [7, 11) is 5.11. The predicted molar refractivity (Wildman–Crippen MR) is 113 cm³/mol. The lowest BCUT2D eigenvalue weighted by atomic mass is 10.0. The maximum atomic E-state index is 11.9. The van der Waals surface area contributed by atoms with E-state index in [0.29, 0.717) is 19.2 Å². The molecule has 0 fully saturated rings. The van der Waals surface area contributed by atoms with E-state index in [1.807, 2.05) is 31.2 Å². The Bertz CT molecular complexity index is 610. The molecule has 2 unspecified atom stereocenters. The summed E-state index contributed by atoms with van der Waals surface area (Å²) in [6, 6.07) is 8.13. The van der Waals surface area contributed by atoms with Gasteiger partial charge in [0.2, 0.25) is 5.91 Å². The first kappa shape index (κ1) is 22.5. The first-order valence-corrected chi connectivity index (χ1v) is 8.49. The van der Waals surface area contributed by atoms with Gasteiger partial charge in [0.25, 0.3) is 0 Å². The molecule has 8 heteroatoms. The number of likely N-dealkylation sites (N-methyl/N-ethyl adjacent to an activating group) is 1. The van der Waals surface area contributed by atoms with E-state index in [0.717, 1.165) is 17.7 Å². The number of hydrogen-bond donors (Lipinski definition) is 2. The molecule has 0 aromatic heterocycles. The van der Waals surface area contributed by atoms with Gasteiger partial charge in [-0.3, -0.25) is 4.79 Å². The van der Waals surface area contributed by atoms with E-state index >= 15 is 0 Å². The highest BCUT2D eigenvalue weighted by Crippen LogP contribution is 2.31. The molecule has 0 aliphatic carbocycles. The Hall–Kier alpha value is -1.55. The number of aliphatic imine (C=N–C) groups is 1. The lowest BCUT2D eigenvalue weighted by molar-refractivity contribution is -0.127. The Morgan fingerprint density at radius 2 is 2.15 bits per heavy atom. The van der Waals surface area contributed by atoms with E-state index in [2.05, 4.69) is 15.6 Å². The second kappa shape index (κ2) is 11.2. The van der Waals surface area contributed by atoms with Crippen LogP contribution in [0.4, 0.5) is 0 Å². The summed E-state index contributed by atoms with van der Waals surface area (Å²) in [5.41, 5.74) is 1.10. The topological polar surface area (TPSA) is 75.2 Å². The van der Waals surface area contributed by atoms with Gasteiger partial charge in [0, 0.05) is 39.2 Å². The van der Waals surface area contributed by atoms with Gasteiger partial charge in [0.05, 0.1) is 19.3 Å². The molecular weight excluding hydrogens is 447 g/mol. The van der Waals surface area contributed by atoms with Crippen LogP contribution in [0.15, 0.2) is 29.3 Å². The molecule has 2 N–H and O–H groups in total. The van der Waals surface area contributed by atoms with Crippen LogP contribution in [0.5, 0.6) is 5.75 Å². The minimum Gasteiger partial charge on any atom is -0.493 e. The molecule has 1 heterocycles. The average Bonchev–Trinajstić information content (AvgIpc) is 2.59. The highest BCUT2D eigenvalue weighted by Gasteiger charge is 2.22. The number of methoxy groups -OCH3 is 1. The number of halogens is 1. The lowest BCUT2D eigenvalue weighted by Gasteiger charge is -2.29. The lowest BCUT2D eigenvalue weighted by Crippen LogP contribution is -2.46. The number of nitrogens with zero attached hydrogens (tertiary/aromatic N) is 2. The third kappa shape index (κ3) is 6.64. The summed E-state index contributed by atoms with van der Waals surface area (Å²) in [6.45, 7) is 3.29. The van der Waals surface area contributed by atoms with Crippen molar-refractivity contribution < 1.29 is 14.3 Å². The molecule has 0 bridgehead atoms. The molecule has 7 nitrogen and oxygen atoms in total. The summed E-state index contributed by atoms with van der Waals surface area (Å²) in [5.74, 6) is 1.44. The number of guanidine groups is 1. The molecule has 0 radical (unpaired) electrons. The quantitative estimate of drug-likeness (QED) is 0.372. The minimum atomic E-state index is -0.0483. The van der Waals surface area contributed by atoms with Crippen LogP contribution in [0.3, 0.4) is 0 Å². The van der Waals surface area contributed by atoms with Gasteiger partial charge in [-0.1, -0.05) is 18.2 Å². The summed E-state index contributed by atoms with van der Waals surface area (Å²) in [4.78, 5) is 17.8. The number of amides is 1. The molecule has 1 aromatic carbocycles. The minimum absolute atomic E-state index is 0. The van der Waals surface area contributed by atoms with E-state index in [1.165, 1.54) is 4.90 Å². The number of nitrogens with one attached hydrogen (secondary N) is 2. The van der Waals surface area contributed by atoms with Crippen LogP contribution in [0.1, 0.15) is 24.9 Å². The van der Waals surface area contributed by atoms with Crippen LogP contribution in [-0.2, 0) is 9.53 Å². The molecule has 0 spiro atoms. The van der Waals surface area contributed by atoms with Gasteiger partial charge < -0.3 is 25.0 Å². The molecule has 1 aliphatic rings. The van der Waals surface area contributed by atoms with Crippen molar-refractivity contribution in [3.63, 3.8) is 0 Å². The normalized spacial score (nSPS) is 17.2. The number of hydrogen-bond acceptors (Lipinski definition) is 4. The Morgan fingerprint density at radius 3 is 2.85 bits per heavy atom. The molecule has 2 atom stereocenters. The van der Waals surface area contributed by atoms with Crippen molar-refractivity contribution in [3.8, 4) is 5.75 Å². The van der Waals surface area contributed by atoms with Gasteiger partial charge >= 0.3 is 0 Å². The first-order chi connectivity index (χ1) is 12.0. The van der Waals surface area contributed by atoms with E-state index in [4.69, 9.17) is 9.47 Å². The van der Waals surface area contributed by atoms with Gasteiger partial charge in [0.15, 0.2) is 5.96 Å². The molecule has 1 aliphatic heterocycles. The van der Waals surface area contributed by atoms with Crippen LogP contribution < -0.4 is 15.4 Å². The van der Waals surface area contributed by atoms with Crippen molar-refractivity contribution in [2.24, 2.45) is 4.99 Å². The van der Waals surface area contributed by atoms with Crippen LogP contribution in [0, 0.1) is 0 Å². The van der Waals surface area contributed by atoms with Crippen molar-refractivity contribution in [3.05, 3.63) is 29.8 Å². The van der Waals surface area contributed by atoms with E-state index in [1.54, 1.807) is 21.2 Å². The van der Waals surface area contributed by atoms with Gasteiger partial charge in [0.1, 0.15) is 12.3 Å². The first-order valence-electron chi connectivity index (χ1n) is 8.49. The smallest absolute Gasteiger partial charge is 0.243 e. The van der Waals surface area contributed by atoms with E-state index < -0.39 is 0 Å². The molecule has 1 aromatic rings. The maximum Gasteiger partial charge on any atom is 0.243 e. The van der Waals surface area contributed by atoms with Gasteiger partial charge in [-0.25, -0.2) is 4.99 Å². The highest BCUT2D eigenvalue weighted by atomic mass is 127. The SMILES string of the molecule is COCC(C)NC(=NCC(=O)N(C)C)NC1CCOc2ccccc21.I. The molecule has 2 rings (SSSR count). The predicted octanol–water partition coefficient (Wildman–Crippen LogP) is 1.79. The zero-order valence-electron chi connectivity index (χ0n) is 15.8. The number of benzene rings is 1. The number of carbonyl (C=O) groups excluding carboxylic acids is 1. The van der Waals surface area contributed by atoms with Gasteiger partial charge in [-0.2, -0.15) is 0 Å². The molecule has 1 amide bonds. The standard InChI is InChI=1S/C18H28N4O3.HI/c1-13(12-24-4)20-18(19-11-17(23)22(2)3)21-15-9-10-25-16-8-6-5-7-14(15)16;/h5-8,13,15H,9-12H2,1-4H3,(H2,19,20,21);1H. The summed E-state index contributed by atoms with van der Waals surface area (Å²) in [6.07, 6.45) is 0.831. The maximum absolute atomic E-state index is 11.9. The molecule has 26 heavy (non-hydrogen) atoms. The third-order valence-electron chi connectivity index (χ3n) is 3.94. The second-order valence-electron chi connectivity index (χ2n) is 6.33. The second-order valence-corrected chi connectivity index (χ2v) is 6.33. The fraction of sp³-hybridized carbons (Fsp3) is 0.556. The fourth-order valence-corrected chi connectivity index (χ4v) is 2.60. The molecule has 0 saturated carbocycles. The number of para-hydroxylation sites is 1.